The second-order valence-electron chi connectivity index (χ2n) is 5.02. The average Bonchev–Trinajstić information content (AvgIpc) is 2.46. The molecule has 0 fully saturated rings. The zero-order valence-corrected chi connectivity index (χ0v) is 12.3. The molecule has 0 bridgehead atoms. The highest BCUT2D eigenvalue weighted by Gasteiger charge is 2.09. The molecule has 1 heterocycles. The molecule has 0 spiro atoms. The van der Waals surface area contributed by atoms with E-state index in [1.54, 1.807) is 14.2 Å². The summed E-state index contributed by atoms with van der Waals surface area (Å²) in [7, 11) is 3.32. The maximum Gasteiger partial charge on any atom is 0.321 e. The van der Waals surface area contributed by atoms with E-state index in [1.165, 1.54) is 5.56 Å². The van der Waals surface area contributed by atoms with Gasteiger partial charge in [-0.1, -0.05) is 32.0 Å². The van der Waals surface area contributed by atoms with Crippen LogP contribution in [0.15, 0.2) is 24.3 Å². The summed E-state index contributed by atoms with van der Waals surface area (Å²) in [4.78, 5) is 12.8. The summed E-state index contributed by atoms with van der Waals surface area (Å²) in [6.07, 6.45) is 1.04. The third kappa shape index (κ3) is 3.44. The van der Waals surface area contributed by atoms with E-state index >= 15 is 0 Å². The van der Waals surface area contributed by atoms with E-state index in [-0.39, 0.29) is 0 Å². The van der Waals surface area contributed by atoms with E-state index in [4.69, 9.17) is 4.74 Å². The molecule has 0 amide bonds. The summed E-state index contributed by atoms with van der Waals surface area (Å²) in [5, 5.41) is 2.92. The molecule has 0 aliphatic rings. The van der Waals surface area contributed by atoms with E-state index < -0.39 is 0 Å². The number of ether oxygens (including phenoxy) is 1. The summed E-state index contributed by atoms with van der Waals surface area (Å²) in [6, 6.07) is 8.59. The minimum atomic E-state index is 0.314. The topological polar surface area (TPSA) is 59.9 Å². The van der Waals surface area contributed by atoms with E-state index in [0.717, 1.165) is 12.0 Å². The van der Waals surface area contributed by atoms with Gasteiger partial charge in [0.05, 0.1) is 7.11 Å². The summed E-state index contributed by atoms with van der Waals surface area (Å²) < 4.78 is 5.11. The van der Waals surface area contributed by atoms with Gasteiger partial charge in [0.2, 0.25) is 5.95 Å². The van der Waals surface area contributed by atoms with Crippen molar-refractivity contribution in [2.45, 2.75) is 20.3 Å². The number of hydrogen-bond acceptors (Lipinski definition) is 5. The standard InChI is InChI=1S/C15H20N4O/c1-10(2)8-11-6-5-7-12(9-11)13-17-14(16-3)19-15(18-13)20-4/h5-7,9-10H,8H2,1-4H3,(H,16,17,18,19). The Kier molecular flexibility index (Phi) is 4.50. The zero-order valence-electron chi connectivity index (χ0n) is 12.3. The predicted molar refractivity (Wildman–Crippen MR) is 79.9 cm³/mol. The molecule has 20 heavy (non-hydrogen) atoms. The van der Waals surface area contributed by atoms with Crippen LogP contribution in [0.5, 0.6) is 6.01 Å². The molecule has 0 saturated heterocycles. The van der Waals surface area contributed by atoms with Gasteiger partial charge in [-0.2, -0.15) is 15.0 Å². The van der Waals surface area contributed by atoms with Crippen molar-refractivity contribution in [1.29, 1.82) is 0 Å². The Morgan fingerprint density at radius 2 is 2.00 bits per heavy atom. The van der Waals surface area contributed by atoms with Gasteiger partial charge in [-0.15, -0.1) is 0 Å². The van der Waals surface area contributed by atoms with Crippen molar-refractivity contribution in [3.63, 3.8) is 0 Å². The van der Waals surface area contributed by atoms with Crippen molar-refractivity contribution >= 4 is 5.95 Å². The summed E-state index contributed by atoms with van der Waals surface area (Å²) in [5.74, 6) is 1.74. The molecule has 0 aliphatic heterocycles. The van der Waals surface area contributed by atoms with Crippen LogP contribution in [-0.4, -0.2) is 29.1 Å². The van der Waals surface area contributed by atoms with Gasteiger partial charge in [-0.3, -0.25) is 0 Å². The molecule has 2 aromatic rings. The van der Waals surface area contributed by atoms with Crippen molar-refractivity contribution in [2.75, 3.05) is 19.5 Å². The van der Waals surface area contributed by atoms with Crippen molar-refractivity contribution < 1.29 is 4.74 Å². The van der Waals surface area contributed by atoms with Gasteiger partial charge >= 0.3 is 6.01 Å². The van der Waals surface area contributed by atoms with Crippen LogP contribution in [0.3, 0.4) is 0 Å². The van der Waals surface area contributed by atoms with Gasteiger partial charge in [0.15, 0.2) is 5.82 Å². The fourth-order valence-corrected chi connectivity index (χ4v) is 2.00. The largest absolute Gasteiger partial charge is 0.467 e. The van der Waals surface area contributed by atoms with E-state index in [1.807, 2.05) is 12.1 Å². The molecule has 1 aromatic heterocycles. The van der Waals surface area contributed by atoms with Crippen molar-refractivity contribution in [3.05, 3.63) is 29.8 Å². The highest BCUT2D eigenvalue weighted by molar-refractivity contribution is 5.57. The Morgan fingerprint density at radius 3 is 2.65 bits per heavy atom. The average molecular weight is 272 g/mol. The van der Waals surface area contributed by atoms with Crippen molar-refractivity contribution in [2.24, 2.45) is 5.92 Å². The number of rotatable bonds is 5. The van der Waals surface area contributed by atoms with E-state index in [9.17, 15) is 0 Å². The number of anilines is 1. The number of benzene rings is 1. The molecular weight excluding hydrogens is 252 g/mol. The normalized spacial score (nSPS) is 10.7. The first-order valence-electron chi connectivity index (χ1n) is 6.69. The first-order chi connectivity index (χ1) is 9.62. The molecule has 5 nitrogen and oxygen atoms in total. The number of methoxy groups -OCH3 is 1. The van der Waals surface area contributed by atoms with Gasteiger partial charge < -0.3 is 10.1 Å². The monoisotopic (exact) mass is 272 g/mol. The van der Waals surface area contributed by atoms with Crippen LogP contribution in [0.2, 0.25) is 0 Å². The minimum Gasteiger partial charge on any atom is -0.467 e. The molecular formula is C15H20N4O. The molecule has 0 radical (unpaired) electrons. The van der Waals surface area contributed by atoms with Crippen LogP contribution < -0.4 is 10.1 Å². The van der Waals surface area contributed by atoms with Gasteiger partial charge in [-0.25, -0.2) is 0 Å². The van der Waals surface area contributed by atoms with Crippen LogP contribution >= 0.6 is 0 Å². The number of hydrogen-bond donors (Lipinski definition) is 1. The van der Waals surface area contributed by atoms with E-state index in [2.05, 4.69) is 46.2 Å². The molecule has 1 aromatic carbocycles. The SMILES string of the molecule is CNc1nc(OC)nc(-c2cccc(CC(C)C)c2)n1. The molecule has 1 N–H and O–H groups in total. The first-order valence-corrected chi connectivity index (χ1v) is 6.69. The summed E-state index contributed by atoms with van der Waals surface area (Å²) >= 11 is 0. The van der Waals surface area contributed by atoms with Gasteiger partial charge in [0.25, 0.3) is 0 Å². The lowest BCUT2D eigenvalue weighted by Gasteiger charge is -2.08. The minimum absolute atomic E-state index is 0.314. The second kappa shape index (κ2) is 6.32. The lowest BCUT2D eigenvalue weighted by atomic mass is 10.0. The van der Waals surface area contributed by atoms with Crippen molar-refractivity contribution in [3.8, 4) is 17.4 Å². The van der Waals surface area contributed by atoms with Crippen LogP contribution in [-0.2, 0) is 6.42 Å². The fourth-order valence-electron chi connectivity index (χ4n) is 2.00. The fraction of sp³-hybridized carbons (Fsp3) is 0.400. The molecule has 0 aliphatic carbocycles. The summed E-state index contributed by atoms with van der Waals surface area (Å²) in [6.45, 7) is 4.41. The number of aromatic nitrogens is 3. The maximum atomic E-state index is 5.11. The highest BCUT2D eigenvalue weighted by Crippen LogP contribution is 2.21. The first kappa shape index (κ1) is 14.2. The lowest BCUT2D eigenvalue weighted by Crippen LogP contribution is -2.03. The maximum absolute atomic E-state index is 5.11. The highest BCUT2D eigenvalue weighted by atomic mass is 16.5. The number of nitrogens with zero attached hydrogens (tertiary/aromatic N) is 3. The molecule has 106 valence electrons. The van der Waals surface area contributed by atoms with Crippen molar-refractivity contribution in [1.82, 2.24) is 15.0 Å². The third-order valence-corrected chi connectivity index (χ3v) is 2.85. The zero-order chi connectivity index (χ0) is 14.5. The Labute approximate surface area is 119 Å². The van der Waals surface area contributed by atoms with Crippen LogP contribution in [0, 0.1) is 5.92 Å². The molecule has 0 atom stereocenters. The smallest absolute Gasteiger partial charge is 0.321 e. The van der Waals surface area contributed by atoms with Crippen LogP contribution in [0.4, 0.5) is 5.95 Å². The molecule has 0 saturated carbocycles. The Balaban J connectivity index is 2.40. The van der Waals surface area contributed by atoms with Crippen LogP contribution in [0.25, 0.3) is 11.4 Å². The Bertz CT molecular complexity index is 562. The van der Waals surface area contributed by atoms with Gasteiger partial charge in [-0.05, 0) is 24.0 Å². The molecule has 0 unspecified atom stereocenters. The summed E-state index contributed by atoms with van der Waals surface area (Å²) in [5.41, 5.74) is 2.25. The second-order valence-corrected chi connectivity index (χ2v) is 5.02. The predicted octanol–water partition coefficient (Wildman–Crippen LogP) is 2.79. The molecule has 2 rings (SSSR count). The number of nitrogens with one attached hydrogen (secondary N) is 1. The van der Waals surface area contributed by atoms with Gasteiger partial charge in [0, 0.05) is 12.6 Å². The third-order valence-electron chi connectivity index (χ3n) is 2.85. The molecule has 5 heteroatoms. The quantitative estimate of drug-likeness (QED) is 0.907. The van der Waals surface area contributed by atoms with Crippen LogP contribution in [0.1, 0.15) is 19.4 Å². The Morgan fingerprint density at radius 1 is 1.20 bits per heavy atom. The lowest BCUT2D eigenvalue weighted by molar-refractivity contribution is 0.379. The Hall–Kier alpha value is -2.17. The van der Waals surface area contributed by atoms with E-state index in [0.29, 0.717) is 23.7 Å². The van der Waals surface area contributed by atoms with Gasteiger partial charge in [0.1, 0.15) is 0 Å².